The van der Waals surface area contributed by atoms with Crippen LogP contribution in [0.5, 0.6) is 0 Å². The maximum atomic E-state index is 11.5. The highest BCUT2D eigenvalue weighted by molar-refractivity contribution is 7.89. The normalized spacial score (nSPS) is 13.3. The average molecular weight is 389 g/mol. The minimum atomic E-state index is -3.71. The fourth-order valence-corrected chi connectivity index (χ4v) is 3.26. The van der Waals surface area contributed by atoms with Gasteiger partial charge in [-0.3, -0.25) is 0 Å². The van der Waals surface area contributed by atoms with Crippen LogP contribution in [0.2, 0.25) is 0 Å². The first-order valence-corrected chi connectivity index (χ1v) is 10.5. The van der Waals surface area contributed by atoms with E-state index in [1.54, 1.807) is 12.1 Å². The molecule has 0 heterocycles. The zero-order valence-corrected chi connectivity index (χ0v) is 16.9. The van der Waals surface area contributed by atoms with Crippen molar-refractivity contribution in [2.24, 2.45) is 10.1 Å². The molecule has 146 valence electrons. The van der Waals surface area contributed by atoms with Crippen molar-refractivity contribution >= 4 is 16.0 Å². The number of guanidine groups is 1. The van der Waals surface area contributed by atoms with E-state index in [9.17, 15) is 8.42 Å². The first-order valence-electron chi connectivity index (χ1n) is 9.00. The largest absolute Gasteiger partial charge is 0.357 e. The van der Waals surface area contributed by atoms with Crippen LogP contribution < -0.4 is 15.8 Å². The first-order chi connectivity index (χ1) is 12.8. The van der Waals surface area contributed by atoms with E-state index in [1.807, 2.05) is 13.0 Å². The summed E-state index contributed by atoms with van der Waals surface area (Å²) in [7, 11) is -3.71. The molecular weight excluding hydrogens is 360 g/mol. The molecule has 1 unspecified atom stereocenters. The number of sulfonamides is 1. The van der Waals surface area contributed by atoms with E-state index in [0.717, 1.165) is 18.7 Å². The van der Waals surface area contributed by atoms with Gasteiger partial charge in [-0.05, 0) is 43.0 Å². The van der Waals surface area contributed by atoms with Gasteiger partial charge in [0.2, 0.25) is 10.0 Å². The second-order valence-electron chi connectivity index (χ2n) is 6.58. The number of nitrogens with zero attached hydrogens (tertiary/aromatic N) is 1. The van der Waals surface area contributed by atoms with E-state index >= 15 is 0 Å². The zero-order chi connectivity index (χ0) is 19.9. The van der Waals surface area contributed by atoms with Crippen LogP contribution in [0.1, 0.15) is 36.5 Å². The predicted molar refractivity (Wildman–Crippen MR) is 110 cm³/mol. The Hall–Kier alpha value is -2.38. The summed E-state index contributed by atoms with van der Waals surface area (Å²) in [5.74, 6) is 1.03. The number of rotatable bonds is 7. The van der Waals surface area contributed by atoms with Crippen LogP contribution in [0.25, 0.3) is 0 Å². The Morgan fingerprint density at radius 3 is 2.56 bits per heavy atom. The van der Waals surface area contributed by atoms with Crippen molar-refractivity contribution in [1.29, 1.82) is 0 Å². The van der Waals surface area contributed by atoms with Gasteiger partial charge in [0.25, 0.3) is 0 Å². The highest BCUT2D eigenvalue weighted by atomic mass is 32.2. The van der Waals surface area contributed by atoms with Gasteiger partial charge in [-0.2, -0.15) is 0 Å². The summed E-state index contributed by atoms with van der Waals surface area (Å²) in [4.78, 5) is 4.65. The fraction of sp³-hybridized carbons (Fsp3) is 0.350. The van der Waals surface area contributed by atoms with E-state index < -0.39 is 10.0 Å². The topological polar surface area (TPSA) is 96.6 Å². The number of aliphatic imine (C=N–C) groups is 1. The number of aryl methyl sites for hydroxylation is 1. The van der Waals surface area contributed by atoms with Gasteiger partial charge in [0.05, 0.1) is 11.4 Å². The van der Waals surface area contributed by atoms with E-state index in [0.29, 0.717) is 18.4 Å². The van der Waals surface area contributed by atoms with Crippen LogP contribution in [-0.2, 0) is 16.6 Å². The molecule has 2 aromatic rings. The Kier molecular flexibility index (Phi) is 7.38. The smallest absolute Gasteiger partial charge is 0.238 e. The molecule has 0 radical (unpaired) electrons. The number of nitrogens with one attached hydrogen (secondary N) is 2. The van der Waals surface area contributed by atoms with Gasteiger partial charge in [0.1, 0.15) is 0 Å². The van der Waals surface area contributed by atoms with Crippen LogP contribution >= 0.6 is 0 Å². The van der Waals surface area contributed by atoms with Crippen molar-refractivity contribution in [3.8, 4) is 0 Å². The van der Waals surface area contributed by atoms with Gasteiger partial charge in [-0.25, -0.2) is 18.5 Å². The standard InChI is InChI=1S/C20H28N4O2S/c1-4-22-20(23-13-16(3)18-9-5-7-15(2)11-18)24-14-17-8-6-10-19(12-17)27(21,25)26/h5-12,16H,4,13-14H2,1-3H3,(H2,21,25,26)(H2,22,23,24). The molecule has 0 saturated carbocycles. The highest BCUT2D eigenvalue weighted by Gasteiger charge is 2.09. The molecule has 0 fully saturated rings. The van der Waals surface area contributed by atoms with Crippen molar-refractivity contribution in [2.45, 2.75) is 38.1 Å². The molecule has 0 amide bonds. The van der Waals surface area contributed by atoms with Crippen LogP contribution in [-0.4, -0.2) is 27.5 Å². The minimum absolute atomic E-state index is 0.0984. The Bertz CT molecular complexity index is 894. The van der Waals surface area contributed by atoms with Crippen LogP contribution in [0, 0.1) is 6.92 Å². The van der Waals surface area contributed by atoms with E-state index in [1.165, 1.54) is 17.2 Å². The molecule has 0 aromatic heterocycles. The lowest BCUT2D eigenvalue weighted by Gasteiger charge is -2.16. The molecular formula is C20H28N4O2S. The Labute approximate surface area is 162 Å². The highest BCUT2D eigenvalue weighted by Crippen LogP contribution is 2.15. The third kappa shape index (κ3) is 6.69. The summed E-state index contributed by atoms with van der Waals surface area (Å²) in [6, 6.07) is 15.0. The van der Waals surface area contributed by atoms with Gasteiger partial charge < -0.3 is 10.6 Å². The average Bonchev–Trinajstić information content (AvgIpc) is 2.63. The van der Waals surface area contributed by atoms with E-state index in [-0.39, 0.29) is 4.90 Å². The monoisotopic (exact) mass is 388 g/mol. The van der Waals surface area contributed by atoms with Gasteiger partial charge in [0.15, 0.2) is 5.96 Å². The molecule has 0 aliphatic heterocycles. The molecule has 27 heavy (non-hydrogen) atoms. The minimum Gasteiger partial charge on any atom is -0.357 e. The van der Waals surface area contributed by atoms with Crippen LogP contribution in [0.4, 0.5) is 0 Å². The molecule has 0 aliphatic carbocycles. The van der Waals surface area contributed by atoms with E-state index in [4.69, 9.17) is 5.14 Å². The summed E-state index contributed by atoms with van der Waals surface area (Å²) >= 11 is 0. The lowest BCUT2D eigenvalue weighted by Crippen LogP contribution is -2.39. The summed E-state index contributed by atoms with van der Waals surface area (Å²) in [5.41, 5.74) is 3.30. The third-order valence-electron chi connectivity index (χ3n) is 4.18. The Balaban J connectivity index is 2.04. The molecule has 4 N–H and O–H groups in total. The molecule has 2 aromatic carbocycles. The summed E-state index contributed by atoms with van der Waals surface area (Å²) in [5, 5.41) is 11.7. The summed E-state index contributed by atoms with van der Waals surface area (Å²) < 4.78 is 23.0. The van der Waals surface area contributed by atoms with Gasteiger partial charge in [-0.1, -0.05) is 48.9 Å². The predicted octanol–water partition coefficient (Wildman–Crippen LogP) is 2.50. The fourth-order valence-electron chi connectivity index (χ4n) is 2.68. The summed E-state index contributed by atoms with van der Waals surface area (Å²) in [6.07, 6.45) is 0. The number of benzene rings is 2. The molecule has 0 saturated heterocycles. The van der Waals surface area contributed by atoms with Crippen molar-refractivity contribution in [2.75, 3.05) is 13.1 Å². The quantitative estimate of drug-likeness (QED) is 0.501. The van der Waals surface area contributed by atoms with Crippen molar-refractivity contribution in [1.82, 2.24) is 10.6 Å². The van der Waals surface area contributed by atoms with Gasteiger partial charge in [0, 0.05) is 13.1 Å². The van der Waals surface area contributed by atoms with Gasteiger partial charge >= 0.3 is 0 Å². The molecule has 6 nitrogen and oxygen atoms in total. The van der Waals surface area contributed by atoms with Crippen molar-refractivity contribution in [3.63, 3.8) is 0 Å². The number of hydrogen-bond donors (Lipinski definition) is 3. The molecule has 0 aliphatic rings. The maximum Gasteiger partial charge on any atom is 0.238 e. The molecule has 0 spiro atoms. The SMILES string of the molecule is CCNC(=NCc1cccc(S(N)(=O)=O)c1)NCC(C)c1cccc(C)c1. The second kappa shape index (κ2) is 9.53. The molecule has 1 atom stereocenters. The maximum absolute atomic E-state index is 11.5. The first kappa shape index (κ1) is 20.9. The van der Waals surface area contributed by atoms with Crippen molar-refractivity contribution in [3.05, 3.63) is 65.2 Å². The number of hydrogen-bond acceptors (Lipinski definition) is 3. The zero-order valence-electron chi connectivity index (χ0n) is 16.1. The van der Waals surface area contributed by atoms with Gasteiger partial charge in [-0.15, -0.1) is 0 Å². The lowest BCUT2D eigenvalue weighted by molar-refractivity contribution is 0.597. The number of primary sulfonamides is 1. The molecule has 0 bridgehead atoms. The Morgan fingerprint density at radius 2 is 1.89 bits per heavy atom. The van der Waals surface area contributed by atoms with Crippen LogP contribution in [0.3, 0.4) is 0 Å². The van der Waals surface area contributed by atoms with Crippen LogP contribution in [0.15, 0.2) is 58.4 Å². The summed E-state index contributed by atoms with van der Waals surface area (Å²) in [6.45, 7) is 8.10. The van der Waals surface area contributed by atoms with E-state index in [2.05, 4.69) is 53.7 Å². The number of nitrogens with two attached hydrogens (primary N) is 1. The van der Waals surface area contributed by atoms with Crippen molar-refractivity contribution < 1.29 is 8.42 Å². The molecule has 7 heteroatoms. The lowest BCUT2D eigenvalue weighted by atomic mass is 9.99. The third-order valence-corrected chi connectivity index (χ3v) is 5.09. The molecule has 2 rings (SSSR count). The second-order valence-corrected chi connectivity index (χ2v) is 8.15. The Morgan fingerprint density at radius 1 is 1.15 bits per heavy atom.